The zero-order valence-corrected chi connectivity index (χ0v) is 22.9. The SMILES string of the molecule is CCOC(=O)C1=C(C)NC(C)(Nc2nc(-c3cccc([N+](=O)[O-])c3)cs2)C(C(=O)OCC)C1c1ccccc1. The molecule has 0 saturated heterocycles. The molecule has 3 aromatic rings. The van der Waals surface area contributed by atoms with Gasteiger partial charge in [-0.25, -0.2) is 9.78 Å². The number of anilines is 1. The van der Waals surface area contributed by atoms with Crippen molar-refractivity contribution in [3.05, 3.63) is 86.9 Å². The summed E-state index contributed by atoms with van der Waals surface area (Å²) in [5.74, 6) is -2.54. The minimum absolute atomic E-state index is 0.0312. The van der Waals surface area contributed by atoms with Crippen LogP contribution in [0.3, 0.4) is 0 Å². The maximum Gasteiger partial charge on any atom is 0.336 e. The van der Waals surface area contributed by atoms with Crippen LogP contribution in [0.15, 0.2) is 71.2 Å². The molecule has 3 atom stereocenters. The molecule has 1 aliphatic heterocycles. The average Bonchev–Trinajstić information content (AvgIpc) is 3.36. The predicted octanol–water partition coefficient (Wildman–Crippen LogP) is 5.25. The third-order valence-electron chi connectivity index (χ3n) is 6.54. The highest BCUT2D eigenvalue weighted by molar-refractivity contribution is 7.14. The lowest BCUT2D eigenvalue weighted by Crippen LogP contribution is -2.62. The van der Waals surface area contributed by atoms with E-state index >= 15 is 0 Å². The highest BCUT2D eigenvalue weighted by Crippen LogP contribution is 2.45. The first kappa shape index (κ1) is 27.8. The molecule has 0 spiro atoms. The molecule has 4 rings (SSSR count). The minimum Gasteiger partial charge on any atom is -0.466 e. The summed E-state index contributed by atoms with van der Waals surface area (Å²) >= 11 is 1.30. The van der Waals surface area contributed by atoms with Gasteiger partial charge in [0.2, 0.25) is 0 Å². The number of ether oxygens (including phenoxy) is 2. The fraction of sp³-hybridized carbons (Fsp3) is 0.321. The second-order valence-electron chi connectivity index (χ2n) is 9.17. The molecule has 0 bridgehead atoms. The van der Waals surface area contributed by atoms with Crippen LogP contribution in [0.25, 0.3) is 11.3 Å². The van der Waals surface area contributed by atoms with Crippen LogP contribution >= 0.6 is 11.3 Å². The van der Waals surface area contributed by atoms with Crippen LogP contribution in [0.5, 0.6) is 0 Å². The van der Waals surface area contributed by atoms with Crippen LogP contribution in [0, 0.1) is 16.0 Å². The summed E-state index contributed by atoms with van der Waals surface area (Å²) in [5.41, 5.74) is 1.69. The van der Waals surface area contributed by atoms with Gasteiger partial charge in [0.1, 0.15) is 11.6 Å². The van der Waals surface area contributed by atoms with Crippen molar-refractivity contribution in [2.45, 2.75) is 39.3 Å². The number of rotatable bonds is 9. The van der Waals surface area contributed by atoms with E-state index in [2.05, 4.69) is 15.6 Å². The molecule has 39 heavy (non-hydrogen) atoms. The number of hydrogen-bond donors (Lipinski definition) is 2. The zero-order chi connectivity index (χ0) is 28.2. The number of carbonyl (C=O) groups is 2. The number of aromatic nitrogens is 1. The molecule has 0 aliphatic carbocycles. The van der Waals surface area contributed by atoms with E-state index in [-0.39, 0.29) is 18.9 Å². The summed E-state index contributed by atoms with van der Waals surface area (Å²) in [6.07, 6.45) is 0. The Morgan fingerprint density at radius 3 is 2.51 bits per heavy atom. The van der Waals surface area contributed by atoms with Crippen molar-refractivity contribution in [3.63, 3.8) is 0 Å². The molecule has 1 aromatic heterocycles. The van der Waals surface area contributed by atoms with Gasteiger partial charge in [-0.15, -0.1) is 11.3 Å². The lowest BCUT2D eigenvalue weighted by Gasteiger charge is -2.46. The third kappa shape index (κ3) is 5.78. The van der Waals surface area contributed by atoms with Crippen molar-refractivity contribution < 1.29 is 24.0 Å². The number of hydrogen-bond acceptors (Lipinski definition) is 10. The normalized spacial score (nSPS) is 20.6. The van der Waals surface area contributed by atoms with E-state index in [0.29, 0.717) is 27.7 Å². The number of nitrogens with one attached hydrogen (secondary N) is 2. The van der Waals surface area contributed by atoms with Crippen molar-refractivity contribution in [3.8, 4) is 11.3 Å². The Labute approximate surface area is 230 Å². The summed E-state index contributed by atoms with van der Waals surface area (Å²) in [7, 11) is 0. The van der Waals surface area contributed by atoms with Gasteiger partial charge in [0, 0.05) is 34.7 Å². The van der Waals surface area contributed by atoms with Gasteiger partial charge >= 0.3 is 11.9 Å². The average molecular weight is 551 g/mol. The molecule has 3 unspecified atom stereocenters. The summed E-state index contributed by atoms with van der Waals surface area (Å²) in [5, 5.41) is 20.2. The lowest BCUT2D eigenvalue weighted by molar-refractivity contribution is -0.384. The first-order valence-corrected chi connectivity index (χ1v) is 13.4. The fourth-order valence-electron chi connectivity index (χ4n) is 4.95. The highest BCUT2D eigenvalue weighted by Gasteiger charge is 2.53. The molecule has 1 aliphatic rings. The van der Waals surface area contributed by atoms with Gasteiger partial charge in [0.15, 0.2) is 5.13 Å². The highest BCUT2D eigenvalue weighted by atomic mass is 32.1. The van der Waals surface area contributed by atoms with E-state index in [1.807, 2.05) is 37.3 Å². The zero-order valence-electron chi connectivity index (χ0n) is 22.1. The Bertz CT molecular complexity index is 1410. The Morgan fingerprint density at radius 1 is 1.13 bits per heavy atom. The predicted molar refractivity (Wildman–Crippen MR) is 148 cm³/mol. The second kappa shape index (κ2) is 11.6. The molecular weight excluding hydrogens is 520 g/mol. The standard InChI is InChI=1S/C28H30N4O6S/c1-5-37-25(33)22-17(3)30-28(4,24(26(34)38-6-2)23(22)18-11-8-7-9-12-18)31-27-29-21(16-39-27)19-13-10-14-20(15-19)32(35)36/h7-16,23-24,30H,5-6H2,1-4H3,(H,29,31). The maximum atomic E-state index is 13.6. The van der Waals surface area contributed by atoms with Crippen molar-refractivity contribution in [1.29, 1.82) is 0 Å². The summed E-state index contributed by atoms with van der Waals surface area (Å²) < 4.78 is 10.9. The number of allylic oxidation sites excluding steroid dienone is 1. The number of nitro groups is 1. The summed E-state index contributed by atoms with van der Waals surface area (Å²) in [6.45, 7) is 7.42. The van der Waals surface area contributed by atoms with Gasteiger partial charge in [-0.2, -0.15) is 0 Å². The number of thiazole rings is 1. The van der Waals surface area contributed by atoms with Crippen molar-refractivity contribution in [1.82, 2.24) is 10.3 Å². The molecule has 0 radical (unpaired) electrons. The number of esters is 2. The molecule has 2 N–H and O–H groups in total. The number of benzene rings is 2. The van der Waals surface area contributed by atoms with E-state index in [0.717, 1.165) is 5.56 Å². The molecular formula is C28H30N4O6S. The van der Waals surface area contributed by atoms with Crippen LogP contribution < -0.4 is 10.6 Å². The van der Waals surface area contributed by atoms with E-state index in [4.69, 9.17) is 9.47 Å². The Balaban J connectivity index is 1.78. The number of carbonyl (C=O) groups excluding carboxylic acids is 2. The van der Waals surface area contributed by atoms with Crippen LogP contribution in [0.2, 0.25) is 0 Å². The lowest BCUT2D eigenvalue weighted by atomic mass is 9.71. The van der Waals surface area contributed by atoms with Crippen molar-refractivity contribution in [2.24, 2.45) is 5.92 Å². The monoisotopic (exact) mass is 550 g/mol. The van der Waals surface area contributed by atoms with Gasteiger partial charge < -0.3 is 20.1 Å². The molecule has 0 fully saturated rings. The topological polar surface area (TPSA) is 133 Å². The van der Waals surface area contributed by atoms with E-state index in [1.54, 1.807) is 38.3 Å². The van der Waals surface area contributed by atoms with Gasteiger partial charge in [-0.3, -0.25) is 14.9 Å². The van der Waals surface area contributed by atoms with Gasteiger partial charge in [0.25, 0.3) is 5.69 Å². The minimum atomic E-state index is -1.12. The molecule has 10 nitrogen and oxygen atoms in total. The fourth-order valence-corrected chi connectivity index (χ4v) is 5.79. The van der Waals surface area contributed by atoms with Crippen molar-refractivity contribution >= 4 is 34.1 Å². The largest absolute Gasteiger partial charge is 0.466 e. The number of nitro benzene ring substituents is 1. The van der Waals surface area contributed by atoms with Crippen LogP contribution in [-0.4, -0.2) is 40.7 Å². The van der Waals surface area contributed by atoms with Crippen LogP contribution in [0.4, 0.5) is 10.8 Å². The van der Waals surface area contributed by atoms with Gasteiger partial charge in [-0.05, 0) is 33.3 Å². The molecule has 11 heteroatoms. The first-order valence-electron chi connectivity index (χ1n) is 12.5. The Morgan fingerprint density at radius 2 is 1.85 bits per heavy atom. The smallest absolute Gasteiger partial charge is 0.336 e. The van der Waals surface area contributed by atoms with Gasteiger partial charge in [-0.1, -0.05) is 42.5 Å². The number of non-ortho nitro benzene ring substituents is 1. The van der Waals surface area contributed by atoms with E-state index in [1.165, 1.54) is 23.5 Å². The maximum absolute atomic E-state index is 13.6. The van der Waals surface area contributed by atoms with Crippen LogP contribution in [0.1, 0.15) is 39.2 Å². The summed E-state index contributed by atoms with van der Waals surface area (Å²) in [4.78, 5) is 42.2. The summed E-state index contributed by atoms with van der Waals surface area (Å²) in [6, 6.07) is 15.6. The molecule has 0 saturated carbocycles. The van der Waals surface area contributed by atoms with Crippen LogP contribution in [-0.2, 0) is 19.1 Å². The molecule has 2 heterocycles. The Kier molecular flexibility index (Phi) is 8.29. The molecule has 0 amide bonds. The molecule has 2 aromatic carbocycles. The van der Waals surface area contributed by atoms with Gasteiger partial charge in [0.05, 0.1) is 29.4 Å². The first-order chi connectivity index (χ1) is 18.7. The van der Waals surface area contributed by atoms with E-state index < -0.39 is 34.4 Å². The second-order valence-corrected chi connectivity index (χ2v) is 10.0. The number of nitrogens with zero attached hydrogens (tertiary/aromatic N) is 2. The Hall–Kier alpha value is -4.25. The quantitative estimate of drug-likeness (QED) is 0.208. The molecule has 204 valence electrons. The van der Waals surface area contributed by atoms with Crippen molar-refractivity contribution in [2.75, 3.05) is 18.5 Å². The van der Waals surface area contributed by atoms with E-state index in [9.17, 15) is 19.7 Å². The third-order valence-corrected chi connectivity index (χ3v) is 7.29.